The molecule has 2 amide bonds. The molecule has 1 fully saturated rings. The third-order valence-corrected chi connectivity index (χ3v) is 2.91. The Balaban J connectivity index is 2.15. The number of hydrogen-bond acceptors (Lipinski definition) is 4. The number of anilines is 1. The normalized spacial score (nSPS) is 15.0. The second-order valence-electron chi connectivity index (χ2n) is 4.40. The van der Waals surface area contributed by atoms with Crippen LogP contribution < -0.4 is 10.6 Å². The number of nitrogens with zero attached hydrogens (tertiary/aromatic N) is 2. The molecule has 1 aliphatic heterocycles. The van der Waals surface area contributed by atoms with Gasteiger partial charge in [0.05, 0.1) is 12.1 Å². The minimum absolute atomic E-state index is 0.112. The highest BCUT2D eigenvalue weighted by Gasteiger charge is 2.24. The van der Waals surface area contributed by atoms with E-state index in [1.54, 1.807) is 23.2 Å². The van der Waals surface area contributed by atoms with E-state index in [0.29, 0.717) is 24.5 Å². The van der Waals surface area contributed by atoms with Gasteiger partial charge in [-0.2, -0.15) is 0 Å². The summed E-state index contributed by atoms with van der Waals surface area (Å²) in [5, 5.41) is 5.84. The van der Waals surface area contributed by atoms with E-state index < -0.39 is 0 Å². The molecule has 0 radical (unpaired) electrons. The van der Waals surface area contributed by atoms with Gasteiger partial charge in [-0.05, 0) is 18.6 Å². The van der Waals surface area contributed by atoms with Crippen molar-refractivity contribution in [3.05, 3.63) is 23.9 Å². The van der Waals surface area contributed by atoms with Crippen molar-refractivity contribution in [2.24, 2.45) is 0 Å². The topological polar surface area (TPSA) is 74.3 Å². The van der Waals surface area contributed by atoms with Crippen molar-refractivity contribution in [3.63, 3.8) is 0 Å². The van der Waals surface area contributed by atoms with Gasteiger partial charge in [0, 0.05) is 25.8 Å². The second-order valence-corrected chi connectivity index (χ2v) is 4.40. The molecule has 102 valence electrons. The minimum atomic E-state index is -0.151. The second kappa shape index (κ2) is 6.17. The summed E-state index contributed by atoms with van der Waals surface area (Å²) >= 11 is 0. The molecule has 0 saturated carbocycles. The fourth-order valence-corrected chi connectivity index (χ4v) is 1.94. The van der Waals surface area contributed by atoms with E-state index in [9.17, 15) is 9.59 Å². The lowest BCUT2D eigenvalue weighted by Crippen LogP contribution is -2.50. The zero-order valence-corrected chi connectivity index (χ0v) is 11.0. The molecule has 0 spiro atoms. The van der Waals surface area contributed by atoms with E-state index in [1.165, 1.54) is 0 Å². The lowest BCUT2D eigenvalue weighted by Gasteiger charge is -2.27. The fourth-order valence-electron chi connectivity index (χ4n) is 1.94. The number of rotatable bonds is 4. The number of amides is 2. The Morgan fingerprint density at radius 3 is 3.16 bits per heavy atom. The van der Waals surface area contributed by atoms with Crippen LogP contribution in [0.2, 0.25) is 0 Å². The Labute approximate surface area is 112 Å². The third-order valence-electron chi connectivity index (χ3n) is 2.91. The Morgan fingerprint density at radius 2 is 2.42 bits per heavy atom. The number of nitrogens with one attached hydrogen (secondary N) is 2. The lowest BCUT2D eigenvalue weighted by atomic mass is 10.2. The number of carbonyl (C=O) groups is 2. The molecule has 2 N–H and O–H groups in total. The Hall–Kier alpha value is -2.11. The van der Waals surface area contributed by atoms with Gasteiger partial charge in [-0.25, -0.2) is 4.98 Å². The van der Waals surface area contributed by atoms with Gasteiger partial charge < -0.3 is 15.5 Å². The van der Waals surface area contributed by atoms with Gasteiger partial charge in [-0.15, -0.1) is 0 Å². The van der Waals surface area contributed by atoms with Crippen molar-refractivity contribution in [1.29, 1.82) is 0 Å². The highest BCUT2D eigenvalue weighted by molar-refractivity contribution is 6.00. The number of pyridine rings is 1. The van der Waals surface area contributed by atoms with Gasteiger partial charge in [0.1, 0.15) is 5.82 Å². The minimum Gasteiger partial charge on any atom is -0.369 e. The summed E-state index contributed by atoms with van der Waals surface area (Å²) in [5.74, 6) is 0.313. The molecule has 1 aliphatic rings. The molecular formula is C13H18N4O2. The van der Waals surface area contributed by atoms with Gasteiger partial charge in [-0.1, -0.05) is 6.92 Å². The standard InChI is InChI=1S/C13H18N4O2/c1-2-5-15-12-10(4-3-6-16-12)13(19)17-8-7-14-11(18)9-17/h3-4,6H,2,5,7-9H2,1H3,(H,14,18)(H,15,16). The van der Waals surface area contributed by atoms with Crippen LogP contribution in [-0.2, 0) is 4.79 Å². The summed E-state index contributed by atoms with van der Waals surface area (Å²) in [4.78, 5) is 29.5. The molecule has 1 aromatic heterocycles. The van der Waals surface area contributed by atoms with Crippen LogP contribution in [0, 0.1) is 0 Å². The summed E-state index contributed by atoms with van der Waals surface area (Å²) in [6, 6.07) is 3.47. The molecule has 0 atom stereocenters. The van der Waals surface area contributed by atoms with Crippen molar-refractivity contribution >= 4 is 17.6 Å². The van der Waals surface area contributed by atoms with Crippen LogP contribution in [0.3, 0.4) is 0 Å². The highest BCUT2D eigenvalue weighted by Crippen LogP contribution is 2.14. The quantitative estimate of drug-likeness (QED) is 0.827. The van der Waals surface area contributed by atoms with E-state index in [4.69, 9.17) is 0 Å². The van der Waals surface area contributed by atoms with Crippen molar-refractivity contribution in [2.45, 2.75) is 13.3 Å². The first-order valence-electron chi connectivity index (χ1n) is 6.47. The Kier molecular flexibility index (Phi) is 4.33. The molecule has 6 nitrogen and oxygen atoms in total. The molecule has 1 aromatic rings. The van der Waals surface area contributed by atoms with Crippen LogP contribution >= 0.6 is 0 Å². The van der Waals surface area contributed by atoms with Crippen LogP contribution in [0.25, 0.3) is 0 Å². The van der Waals surface area contributed by atoms with Gasteiger partial charge >= 0.3 is 0 Å². The van der Waals surface area contributed by atoms with E-state index >= 15 is 0 Å². The molecule has 0 bridgehead atoms. The predicted molar refractivity (Wildman–Crippen MR) is 71.9 cm³/mol. The molecule has 2 rings (SSSR count). The molecule has 6 heteroatoms. The number of carbonyl (C=O) groups excluding carboxylic acids is 2. The first-order chi connectivity index (χ1) is 9.22. The van der Waals surface area contributed by atoms with E-state index in [1.807, 2.05) is 6.92 Å². The first kappa shape index (κ1) is 13.3. The zero-order chi connectivity index (χ0) is 13.7. The Bertz CT molecular complexity index is 475. The largest absolute Gasteiger partial charge is 0.369 e. The average molecular weight is 262 g/mol. The van der Waals surface area contributed by atoms with Crippen LogP contribution in [-0.4, -0.2) is 47.9 Å². The summed E-state index contributed by atoms with van der Waals surface area (Å²) in [7, 11) is 0. The molecule has 19 heavy (non-hydrogen) atoms. The van der Waals surface area contributed by atoms with E-state index in [0.717, 1.165) is 13.0 Å². The lowest BCUT2D eigenvalue weighted by molar-refractivity contribution is -0.123. The van der Waals surface area contributed by atoms with Crippen LogP contribution in [0.15, 0.2) is 18.3 Å². The monoisotopic (exact) mass is 262 g/mol. The van der Waals surface area contributed by atoms with Gasteiger partial charge in [0.25, 0.3) is 5.91 Å². The number of piperazine rings is 1. The summed E-state index contributed by atoms with van der Waals surface area (Å²) < 4.78 is 0. The van der Waals surface area contributed by atoms with Gasteiger partial charge in [-0.3, -0.25) is 9.59 Å². The molecule has 0 unspecified atom stereocenters. The number of hydrogen-bond donors (Lipinski definition) is 2. The van der Waals surface area contributed by atoms with Gasteiger partial charge in [0.15, 0.2) is 0 Å². The summed E-state index contributed by atoms with van der Waals surface area (Å²) in [6.45, 7) is 3.96. The molecule has 0 aromatic carbocycles. The Morgan fingerprint density at radius 1 is 1.58 bits per heavy atom. The predicted octanol–water partition coefficient (Wildman–Crippen LogP) is 0.475. The first-order valence-corrected chi connectivity index (χ1v) is 6.47. The molecular weight excluding hydrogens is 244 g/mol. The zero-order valence-electron chi connectivity index (χ0n) is 11.0. The summed E-state index contributed by atoms with van der Waals surface area (Å²) in [5.41, 5.74) is 0.519. The SMILES string of the molecule is CCCNc1ncccc1C(=O)N1CCNC(=O)C1. The molecule has 0 aliphatic carbocycles. The third kappa shape index (κ3) is 3.21. The number of aromatic nitrogens is 1. The van der Waals surface area contributed by atoms with Crippen molar-refractivity contribution in [2.75, 3.05) is 31.5 Å². The smallest absolute Gasteiger partial charge is 0.258 e. The van der Waals surface area contributed by atoms with E-state index in [-0.39, 0.29) is 18.4 Å². The molecule has 1 saturated heterocycles. The fraction of sp³-hybridized carbons (Fsp3) is 0.462. The summed E-state index contributed by atoms with van der Waals surface area (Å²) in [6.07, 6.45) is 2.61. The maximum absolute atomic E-state index is 12.4. The van der Waals surface area contributed by atoms with Gasteiger partial charge in [0.2, 0.25) is 5.91 Å². The maximum atomic E-state index is 12.4. The highest BCUT2D eigenvalue weighted by atomic mass is 16.2. The van der Waals surface area contributed by atoms with Crippen molar-refractivity contribution in [3.8, 4) is 0 Å². The van der Waals surface area contributed by atoms with Crippen molar-refractivity contribution in [1.82, 2.24) is 15.2 Å². The molecule has 2 heterocycles. The average Bonchev–Trinajstić information content (AvgIpc) is 2.44. The van der Waals surface area contributed by atoms with E-state index in [2.05, 4.69) is 15.6 Å². The van der Waals surface area contributed by atoms with Crippen molar-refractivity contribution < 1.29 is 9.59 Å². The maximum Gasteiger partial charge on any atom is 0.258 e. The van der Waals surface area contributed by atoms with Crippen LogP contribution in [0.4, 0.5) is 5.82 Å². The van der Waals surface area contributed by atoms with Crippen LogP contribution in [0.1, 0.15) is 23.7 Å². The van der Waals surface area contributed by atoms with Crippen LogP contribution in [0.5, 0.6) is 0 Å².